The number of carbonyl (C=O) groups is 1. The van der Waals surface area contributed by atoms with Crippen LogP contribution in [0, 0.1) is 5.41 Å². The molecule has 1 aromatic carbocycles. The van der Waals surface area contributed by atoms with E-state index in [0.717, 1.165) is 50.5 Å². The number of likely N-dealkylation sites (tertiary alicyclic amines) is 2. The third-order valence-electron chi connectivity index (χ3n) is 5.52. The van der Waals surface area contributed by atoms with Crippen molar-refractivity contribution >= 4 is 17.5 Å². The van der Waals surface area contributed by atoms with Gasteiger partial charge in [0.1, 0.15) is 0 Å². The zero-order valence-corrected chi connectivity index (χ0v) is 14.7. The van der Waals surface area contributed by atoms with Crippen LogP contribution in [0.25, 0.3) is 0 Å². The highest BCUT2D eigenvalue weighted by Crippen LogP contribution is 2.41. The van der Waals surface area contributed by atoms with E-state index in [1.807, 2.05) is 12.1 Å². The number of nitrogens with zero attached hydrogens (tertiary/aromatic N) is 2. The molecule has 0 aliphatic carbocycles. The summed E-state index contributed by atoms with van der Waals surface area (Å²) in [5, 5.41) is 10.9. The van der Waals surface area contributed by atoms with Crippen molar-refractivity contribution in [3.63, 3.8) is 0 Å². The Hall–Kier alpha value is -1.14. The summed E-state index contributed by atoms with van der Waals surface area (Å²) in [5.41, 5.74) is 6.48. The highest BCUT2D eigenvalue weighted by Gasteiger charge is 2.47. The monoisotopic (exact) mass is 351 g/mol. The smallest absolute Gasteiger partial charge is 0.231 e. The molecule has 2 aliphatic rings. The number of rotatable bonds is 5. The lowest BCUT2D eigenvalue weighted by Crippen LogP contribution is -2.63. The Bertz CT molecular complexity index is 580. The van der Waals surface area contributed by atoms with Crippen molar-refractivity contribution in [1.29, 1.82) is 0 Å². The van der Waals surface area contributed by atoms with Gasteiger partial charge in [-0.05, 0) is 43.5 Å². The molecule has 0 radical (unpaired) electrons. The summed E-state index contributed by atoms with van der Waals surface area (Å²) >= 11 is 5.96. The molecule has 0 saturated carbocycles. The Morgan fingerprint density at radius 3 is 2.75 bits per heavy atom. The molecular formula is C18H26ClN3O2. The van der Waals surface area contributed by atoms with Gasteiger partial charge in [-0.1, -0.05) is 23.7 Å². The van der Waals surface area contributed by atoms with E-state index in [1.165, 1.54) is 5.56 Å². The van der Waals surface area contributed by atoms with Crippen LogP contribution in [0.5, 0.6) is 0 Å². The van der Waals surface area contributed by atoms with E-state index < -0.39 is 0 Å². The van der Waals surface area contributed by atoms with E-state index in [4.69, 9.17) is 17.3 Å². The third-order valence-corrected chi connectivity index (χ3v) is 5.77. The van der Waals surface area contributed by atoms with Crippen molar-refractivity contribution in [3.05, 3.63) is 34.9 Å². The minimum absolute atomic E-state index is 0.154. The van der Waals surface area contributed by atoms with Gasteiger partial charge in [0.25, 0.3) is 0 Å². The number of amides is 1. The lowest BCUT2D eigenvalue weighted by Gasteiger charge is -2.54. The van der Waals surface area contributed by atoms with Gasteiger partial charge in [0.05, 0.1) is 13.2 Å². The third kappa shape index (κ3) is 3.75. The van der Waals surface area contributed by atoms with Gasteiger partial charge in [-0.3, -0.25) is 14.6 Å². The summed E-state index contributed by atoms with van der Waals surface area (Å²) in [6.07, 6.45) is 2.96. The minimum atomic E-state index is -0.285. The first-order valence-electron chi connectivity index (χ1n) is 8.62. The highest BCUT2D eigenvalue weighted by molar-refractivity contribution is 6.30. The van der Waals surface area contributed by atoms with Crippen LogP contribution in [0.2, 0.25) is 5.02 Å². The van der Waals surface area contributed by atoms with E-state index in [1.54, 1.807) is 0 Å². The van der Waals surface area contributed by atoms with Crippen molar-refractivity contribution in [2.24, 2.45) is 11.1 Å². The maximum Gasteiger partial charge on any atom is 0.231 e. The molecule has 2 heterocycles. The molecule has 0 bridgehead atoms. The Morgan fingerprint density at radius 2 is 2.08 bits per heavy atom. The Balaban J connectivity index is 1.71. The molecule has 2 aliphatic heterocycles. The first-order valence-corrected chi connectivity index (χ1v) is 9.00. The predicted molar refractivity (Wildman–Crippen MR) is 94.7 cm³/mol. The topological polar surface area (TPSA) is 69.8 Å². The maximum absolute atomic E-state index is 11.4. The minimum Gasteiger partial charge on any atom is -0.396 e. The highest BCUT2D eigenvalue weighted by atomic mass is 35.5. The van der Waals surface area contributed by atoms with Crippen LogP contribution < -0.4 is 5.73 Å². The van der Waals surface area contributed by atoms with E-state index in [-0.39, 0.29) is 24.0 Å². The summed E-state index contributed by atoms with van der Waals surface area (Å²) in [5.74, 6) is -0.285. The molecule has 5 nitrogen and oxygen atoms in total. The van der Waals surface area contributed by atoms with Crippen molar-refractivity contribution in [3.8, 4) is 0 Å². The molecule has 0 aromatic heterocycles. The standard InChI is InChI=1S/C18H26ClN3O2/c19-15-4-2-14(3-5-15)10-21-9-6-16-18(12-21,13-23)7-1-8-22(16)11-17(20)24/h2-5,16,23H,1,6-13H2,(H2,20,24)/t16-,18-/m0/s1. The quantitative estimate of drug-likeness (QED) is 0.843. The molecule has 1 aromatic rings. The van der Waals surface area contributed by atoms with Crippen LogP contribution in [0.3, 0.4) is 0 Å². The number of aliphatic hydroxyl groups excluding tert-OH is 1. The average molecular weight is 352 g/mol. The molecule has 2 fully saturated rings. The van der Waals surface area contributed by atoms with Gasteiger partial charge in [0, 0.05) is 36.1 Å². The number of hydrogen-bond acceptors (Lipinski definition) is 4. The number of benzene rings is 1. The summed E-state index contributed by atoms with van der Waals surface area (Å²) in [6.45, 7) is 4.03. The van der Waals surface area contributed by atoms with Gasteiger partial charge in [0.2, 0.25) is 5.91 Å². The number of piperidine rings is 2. The summed E-state index contributed by atoms with van der Waals surface area (Å²) in [4.78, 5) is 16.0. The van der Waals surface area contributed by atoms with Crippen molar-refractivity contribution in [2.45, 2.75) is 31.8 Å². The van der Waals surface area contributed by atoms with Crippen LogP contribution in [-0.2, 0) is 11.3 Å². The lowest BCUT2D eigenvalue weighted by molar-refractivity contribution is -0.125. The molecule has 2 atom stereocenters. The molecular weight excluding hydrogens is 326 g/mol. The van der Waals surface area contributed by atoms with Gasteiger partial charge in [-0.2, -0.15) is 0 Å². The first-order chi connectivity index (χ1) is 11.5. The molecule has 6 heteroatoms. The largest absolute Gasteiger partial charge is 0.396 e. The molecule has 0 spiro atoms. The molecule has 1 amide bonds. The van der Waals surface area contributed by atoms with Crippen LogP contribution in [0.4, 0.5) is 0 Å². The Morgan fingerprint density at radius 1 is 1.33 bits per heavy atom. The summed E-state index contributed by atoms with van der Waals surface area (Å²) in [6, 6.07) is 8.19. The van der Waals surface area contributed by atoms with Crippen LogP contribution in [0.1, 0.15) is 24.8 Å². The normalized spacial score (nSPS) is 28.5. The van der Waals surface area contributed by atoms with E-state index in [0.29, 0.717) is 6.54 Å². The van der Waals surface area contributed by atoms with Gasteiger partial charge in [0.15, 0.2) is 0 Å². The second-order valence-corrected chi connectivity index (χ2v) is 7.64. The zero-order valence-electron chi connectivity index (χ0n) is 14.0. The van der Waals surface area contributed by atoms with E-state index >= 15 is 0 Å². The number of nitrogens with two attached hydrogens (primary N) is 1. The summed E-state index contributed by atoms with van der Waals surface area (Å²) in [7, 11) is 0. The zero-order chi connectivity index (χ0) is 17.2. The van der Waals surface area contributed by atoms with Gasteiger partial charge < -0.3 is 10.8 Å². The molecule has 0 unspecified atom stereocenters. The first kappa shape index (κ1) is 17.7. The SMILES string of the molecule is NC(=O)CN1CCC[C@@]2(CO)CN(Cc3ccc(Cl)cc3)CC[C@H]12. The number of carbonyl (C=O) groups excluding carboxylic acids is 1. The van der Waals surface area contributed by atoms with Crippen LogP contribution >= 0.6 is 11.6 Å². The van der Waals surface area contributed by atoms with Crippen molar-refractivity contribution < 1.29 is 9.90 Å². The number of primary amides is 1. The number of fused-ring (bicyclic) bond motifs is 1. The number of aliphatic hydroxyl groups is 1. The molecule has 3 rings (SSSR count). The predicted octanol–water partition coefficient (Wildman–Crippen LogP) is 1.47. The van der Waals surface area contributed by atoms with Crippen LogP contribution in [0.15, 0.2) is 24.3 Å². The fourth-order valence-corrected chi connectivity index (χ4v) is 4.58. The number of halogens is 1. The van der Waals surface area contributed by atoms with Crippen molar-refractivity contribution in [1.82, 2.24) is 9.80 Å². The second kappa shape index (κ2) is 7.40. The Labute approximate surface area is 148 Å². The van der Waals surface area contributed by atoms with Gasteiger partial charge in [-0.15, -0.1) is 0 Å². The van der Waals surface area contributed by atoms with Gasteiger partial charge in [-0.25, -0.2) is 0 Å². The molecule has 2 saturated heterocycles. The molecule has 132 valence electrons. The number of hydrogen-bond donors (Lipinski definition) is 2. The van der Waals surface area contributed by atoms with Crippen molar-refractivity contribution in [2.75, 3.05) is 32.8 Å². The maximum atomic E-state index is 11.4. The fourth-order valence-electron chi connectivity index (χ4n) is 4.45. The Kier molecular flexibility index (Phi) is 5.45. The van der Waals surface area contributed by atoms with Crippen LogP contribution in [-0.4, -0.2) is 59.6 Å². The fraction of sp³-hybridized carbons (Fsp3) is 0.611. The molecule has 24 heavy (non-hydrogen) atoms. The van der Waals surface area contributed by atoms with E-state index in [2.05, 4.69) is 21.9 Å². The average Bonchev–Trinajstić information content (AvgIpc) is 2.56. The van der Waals surface area contributed by atoms with Gasteiger partial charge >= 0.3 is 0 Å². The lowest BCUT2D eigenvalue weighted by atomic mass is 9.69. The molecule has 3 N–H and O–H groups in total. The second-order valence-electron chi connectivity index (χ2n) is 7.20. The van der Waals surface area contributed by atoms with E-state index in [9.17, 15) is 9.90 Å². The summed E-state index contributed by atoms with van der Waals surface area (Å²) < 4.78 is 0.